The summed E-state index contributed by atoms with van der Waals surface area (Å²) in [6, 6.07) is 7.39. The second-order valence-electron chi connectivity index (χ2n) is 7.20. The molecule has 2 aromatic rings. The summed E-state index contributed by atoms with van der Waals surface area (Å²) in [6.07, 6.45) is 7.64. The maximum atomic E-state index is 13.7. The van der Waals surface area contributed by atoms with Crippen molar-refractivity contribution in [1.82, 2.24) is 9.88 Å². The van der Waals surface area contributed by atoms with Gasteiger partial charge in [-0.3, -0.25) is 19.7 Å². The van der Waals surface area contributed by atoms with Crippen molar-refractivity contribution in [2.45, 2.75) is 37.8 Å². The Morgan fingerprint density at radius 1 is 1.07 bits per heavy atom. The lowest BCUT2D eigenvalue weighted by molar-refractivity contribution is 0.0785. The van der Waals surface area contributed by atoms with Crippen LogP contribution < -0.4 is 14.2 Å². The highest BCUT2D eigenvalue weighted by molar-refractivity contribution is 6.14. The molecule has 1 aliphatic carbocycles. The highest BCUT2D eigenvalue weighted by atomic mass is 16.5. The zero-order chi connectivity index (χ0) is 20.4. The number of pyridine rings is 1. The van der Waals surface area contributed by atoms with Gasteiger partial charge in [-0.1, -0.05) is 12.8 Å². The summed E-state index contributed by atoms with van der Waals surface area (Å²) in [5.74, 6) is 1.93. The molecule has 2 atom stereocenters. The zero-order valence-electron chi connectivity index (χ0n) is 16.9. The van der Waals surface area contributed by atoms with Crippen LogP contribution >= 0.6 is 0 Å². The van der Waals surface area contributed by atoms with E-state index in [1.807, 2.05) is 17.0 Å². The highest BCUT2D eigenvalue weighted by Crippen LogP contribution is 2.40. The number of methoxy groups -OCH3 is 3. The van der Waals surface area contributed by atoms with Gasteiger partial charge in [0, 0.05) is 23.5 Å². The van der Waals surface area contributed by atoms with E-state index in [0.717, 1.165) is 31.2 Å². The second-order valence-corrected chi connectivity index (χ2v) is 7.20. The van der Waals surface area contributed by atoms with E-state index in [0.29, 0.717) is 28.6 Å². The minimum absolute atomic E-state index is 0.0607. The van der Waals surface area contributed by atoms with Gasteiger partial charge in [0.05, 0.1) is 33.4 Å². The number of amides is 1. The number of fused-ring (bicyclic) bond motifs is 1. The second kappa shape index (κ2) is 8.11. The molecule has 1 fully saturated rings. The van der Waals surface area contributed by atoms with Crippen LogP contribution in [-0.4, -0.2) is 55.0 Å². The molecule has 1 aromatic heterocycles. The van der Waals surface area contributed by atoms with Crippen molar-refractivity contribution < 1.29 is 19.0 Å². The van der Waals surface area contributed by atoms with Crippen LogP contribution in [0.25, 0.3) is 0 Å². The van der Waals surface area contributed by atoms with Gasteiger partial charge in [-0.25, -0.2) is 0 Å². The van der Waals surface area contributed by atoms with E-state index in [-0.39, 0.29) is 18.0 Å². The van der Waals surface area contributed by atoms with Crippen LogP contribution in [0.1, 0.15) is 41.6 Å². The average molecular weight is 395 g/mol. The first-order chi connectivity index (χ1) is 14.2. The van der Waals surface area contributed by atoms with E-state index in [9.17, 15) is 4.79 Å². The predicted octanol–water partition coefficient (Wildman–Crippen LogP) is 3.32. The number of aliphatic imine (C=N–C) groups is 1. The van der Waals surface area contributed by atoms with Crippen LogP contribution in [0.3, 0.4) is 0 Å². The summed E-state index contributed by atoms with van der Waals surface area (Å²) in [6.45, 7) is 0. The number of benzene rings is 1. The summed E-state index contributed by atoms with van der Waals surface area (Å²) < 4.78 is 16.3. The molecule has 1 amide bonds. The molecule has 0 unspecified atom stereocenters. The van der Waals surface area contributed by atoms with Gasteiger partial charge in [0.25, 0.3) is 5.91 Å². The van der Waals surface area contributed by atoms with Crippen LogP contribution in [0.5, 0.6) is 17.2 Å². The number of carbonyl (C=O) groups excluding carboxylic acids is 1. The Balaban J connectivity index is 1.77. The van der Waals surface area contributed by atoms with Crippen molar-refractivity contribution >= 4 is 11.7 Å². The van der Waals surface area contributed by atoms with Gasteiger partial charge >= 0.3 is 0 Å². The van der Waals surface area contributed by atoms with Crippen molar-refractivity contribution in [3.8, 4) is 17.2 Å². The van der Waals surface area contributed by atoms with Gasteiger partial charge in [-0.15, -0.1) is 0 Å². The van der Waals surface area contributed by atoms with E-state index in [1.54, 1.807) is 45.9 Å². The van der Waals surface area contributed by atoms with Crippen molar-refractivity contribution in [3.05, 3.63) is 47.8 Å². The summed E-state index contributed by atoms with van der Waals surface area (Å²) in [4.78, 5) is 24.7. The Morgan fingerprint density at radius 3 is 2.41 bits per heavy atom. The Labute approximate surface area is 170 Å². The molecule has 0 saturated heterocycles. The molecule has 0 bridgehead atoms. The number of hydrogen-bond donors (Lipinski definition) is 0. The molecule has 1 aromatic carbocycles. The van der Waals surface area contributed by atoms with Crippen molar-refractivity contribution in [1.29, 1.82) is 0 Å². The molecule has 1 saturated carbocycles. The van der Waals surface area contributed by atoms with E-state index >= 15 is 0 Å². The fraction of sp³-hybridized carbons (Fsp3) is 0.409. The number of carbonyl (C=O) groups is 1. The van der Waals surface area contributed by atoms with Crippen LogP contribution in [0, 0.1) is 0 Å². The Bertz CT molecular complexity index is 904. The smallest absolute Gasteiger partial charge is 0.260 e. The molecule has 7 nitrogen and oxygen atoms in total. The van der Waals surface area contributed by atoms with Crippen molar-refractivity contribution in [2.24, 2.45) is 4.99 Å². The van der Waals surface area contributed by atoms with E-state index in [1.165, 1.54) is 0 Å². The molecular formula is C22H25N3O4. The summed E-state index contributed by atoms with van der Waals surface area (Å²) in [5.41, 5.74) is 1.32. The maximum absolute atomic E-state index is 13.7. The van der Waals surface area contributed by atoms with Gasteiger partial charge in [0.1, 0.15) is 5.84 Å². The van der Waals surface area contributed by atoms with Crippen LogP contribution in [-0.2, 0) is 0 Å². The van der Waals surface area contributed by atoms with Crippen LogP contribution in [0.4, 0.5) is 0 Å². The molecule has 1 aliphatic heterocycles. The Hall–Kier alpha value is -3.09. The first kappa shape index (κ1) is 19.2. The molecule has 0 N–H and O–H groups in total. The quantitative estimate of drug-likeness (QED) is 0.777. The lowest BCUT2D eigenvalue weighted by Crippen LogP contribution is -2.45. The van der Waals surface area contributed by atoms with Gasteiger partial charge in [-0.2, -0.15) is 0 Å². The van der Waals surface area contributed by atoms with E-state index in [4.69, 9.17) is 19.2 Å². The number of nitrogens with zero attached hydrogens (tertiary/aromatic N) is 3. The van der Waals surface area contributed by atoms with E-state index in [2.05, 4.69) is 4.98 Å². The lowest BCUT2D eigenvalue weighted by atomic mass is 9.90. The fourth-order valence-corrected chi connectivity index (χ4v) is 4.22. The topological polar surface area (TPSA) is 73.2 Å². The van der Waals surface area contributed by atoms with Gasteiger partial charge in [-0.05, 0) is 37.1 Å². The van der Waals surface area contributed by atoms with Crippen LogP contribution in [0.15, 0.2) is 41.7 Å². The van der Waals surface area contributed by atoms with E-state index < -0.39 is 0 Å². The number of hydrogen-bond acceptors (Lipinski definition) is 6. The van der Waals surface area contributed by atoms with Gasteiger partial charge in [0.2, 0.25) is 5.75 Å². The average Bonchev–Trinajstić information content (AvgIpc) is 3.17. The minimum atomic E-state index is -0.124. The standard InChI is InChI=1S/C22H25N3O4/c1-27-18-11-15(12-19(28-2)20(18)29-3)22(26)25-17-9-5-4-8-16(17)24-21(25)14-7-6-10-23-13-14/h6-7,10-13,16-17H,4-5,8-9H2,1-3H3/t16-,17-/m0/s1. The normalized spacial score (nSPS) is 20.7. The highest BCUT2D eigenvalue weighted by Gasteiger charge is 2.42. The van der Waals surface area contributed by atoms with Crippen molar-refractivity contribution in [3.63, 3.8) is 0 Å². The third-order valence-electron chi connectivity index (χ3n) is 5.59. The number of aromatic nitrogens is 1. The molecular weight excluding hydrogens is 370 g/mol. The third-order valence-corrected chi connectivity index (χ3v) is 5.59. The SMILES string of the molecule is COc1cc(C(=O)N2C(c3cccnc3)=N[C@H]3CCCC[C@@H]32)cc(OC)c1OC. The van der Waals surface area contributed by atoms with Crippen molar-refractivity contribution in [2.75, 3.05) is 21.3 Å². The Kier molecular flexibility index (Phi) is 5.38. The molecule has 152 valence electrons. The maximum Gasteiger partial charge on any atom is 0.260 e. The molecule has 29 heavy (non-hydrogen) atoms. The third kappa shape index (κ3) is 3.41. The molecule has 2 aliphatic rings. The fourth-order valence-electron chi connectivity index (χ4n) is 4.22. The molecule has 7 heteroatoms. The molecule has 2 heterocycles. The monoisotopic (exact) mass is 395 g/mol. The largest absolute Gasteiger partial charge is 0.493 e. The first-order valence-electron chi connectivity index (χ1n) is 9.79. The zero-order valence-corrected chi connectivity index (χ0v) is 16.9. The molecule has 4 rings (SSSR count). The summed E-state index contributed by atoms with van der Waals surface area (Å²) >= 11 is 0. The molecule has 0 radical (unpaired) electrons. The Morgan fingerprint density at radius 2 is 1.79 bits per heavy atom. The lowest BCUT2D eigenvalue weighted by Gasteiger charge is -2.32. The number of amidine groups is 1. The first-order valence-corrected chi connectivity index (χ1v) is 9.79. The van der Waals surface area contributed by atoms with Gasteiger partial charge in [0.15, 0.2) is 11.5 Å². The number of ether oxygens (including phenoxy) is 3. The summed E-state index contributed by atoms with van der Waals surface area (Å²) in [7, 11) is 4.63. The van der Waals surface area contributed by atoms with Crippen LogP contribution in [0.2, 0.25) is 0 Å². The minimum Gasteiger partial charge on any atom is -0.493 e. The summed E-state index contributed by atoms with van der Waals surface area (Å²) in [5, 5.41) is 0. The van der Waals surface area contributed by atoms with Gasteiger partial charge < -0.3 is 14.2 Å². The number of rotatable bonds is 5. The molecule has 0 spiro atoms. The predicted molar refractivity (Wildman–Crippen MR) is 109 cm³/mol.